The molecule has 0 atom stereocenters. The molecule has 0 aliphatic rings. The molecule has 27 heavy (non-hydrogen) atoms. The molecule has 0 fully saturated rings. The van der Waals surface area contributed by atoms with E-state index in [9.17, 15) is 9.59 Å². The van der Waals surface area contributed by atoms with Crippen LogP contribution < -0.4 is 5.32 Å². The van der Waals surface area contributed by atoms with E-state index in [2.05, 4.69) is 15.4 Å². The summed E-state index contributed by atoms with van der Waals surface area (Å²) < 4.78 is 6.44. The SMILES string of the molecule is CCOC(=O)/C=C/c1ccc(NC(=O)c2ccc(-n3cccn3)nc2)cc1. The van der Waals surface area contributed by atoms with Crippen LogP contribution in [0, 0.1) is 0 Å². The molecule has 1 N–H and O–H groups in total. The van der Waals surface area contributed by atoms with Crippen LogP contribution in [0.4, 0.5) is 5.69 Å². The molecule has 0 bridgehead atoms. The van der Waals surface area contributed by atoms with Gasteiger partial charge in [-0.15, -0.1) is 0 Å². The number of rotatable bonds is 6. The van der Waals surface area contributed by atoms with E-state index in [4.69, 9.17) is 4.74 Å². The van der Waals surface area contributed by atoms with E-state index in [1.54, 1.807) is 72.5 Å². The lowest BCUT2D eigenvalue weighted by atomic mass is 10.2. The highest BCUT2D eigenvalue weighted by molar-refractivity contribution is 6.04. The summed E-state index contributed by atoms with van der Waals surface area (Å²) in [6.45, 7) is 2.09. The minimum Gasteiger partial charge on any atom is -0.463 e. The van der Waals surface area contributed by atoms with E-state index in [-0.39, 0.29) is 11.9 Å². The van der Waals surface area contributed by atoms with Gasteiger partial charge in [0, 0.05) is 30.4 Å². The second-order valence-electron chi connectivity index (χ2n) is 5.52. The van der Waals surface area contributed by atoms with Gasteiger partial charge in [-0.2, -0.15) is 5.10 Å². The summed E-state index contributed by atoms with van der Waals surface area (Å²) in [6.07, 6.45) is 7.96. The number of hydrogen-bond donors (Lipinski definition) is 1. The highest BCUT2D eigenvalue weighted by Crippen LogP contribution is 2.13. The lowest BCUT2D eigenvalue weighted by molar-refractivity contribution is -0.137. The molecule has 1 aromatic carbocycles. The first-order valence-corrected chi connectivity index (χ1v) is 8.38. The van der Waals surface area contributed by atoms with E-state index >= 15 is 0 Å². The number of carbonyl (C=O) groups is 2. The normalized spacial score (nSPS) is 10.7. The van der Waals surface area contributed by atoms with Crippen molar-refractivity contribution in [1.29, 1.82) is 0 Å². The standard InChI is InChI=1S/C20H18N4O3/c1-2-27-19(25)11-6-15-4-8-17(9-5-15)23-20(26)16-7-10-18(21-14-16)24-13-3-12-22-24/h3-14H,2H2,1H3,(H,23,26)/b11-6+. The van der Waals surface area contributed by atoms with Gasteiger partial charge in [0.25, 0.3) is 5.91 Å². The lowest BCUT2D eigenvalue weighted by Crippen LogP contribution is -2.12. The molecule has 0 aliphatic heterocycles. The van der Waals surface area contributed by atoms with Gasteiger partial charge < -0.3 is 10.1 Å². The molecule has 0 aliphatic carbocycles. The zero-order valence-corrected chi connectivity index (χ0v) is 14.7. The number of nitrogens with one attached hydrogen (secondary N) is 1. The third-order valence-corrected chi connectivity index (χ3v) is 3.62. The van der Waals surface area contributed by atoms with Crippen molar-refractivity contribution in [2.75, 3.05) is 11.9 Å². The van der Waals surface area contributed by atoms with Gasteiger partial charge in [0.1, 0.15) is 0 Å². The molecule has 2 aromatic heterocycles. The Labute approximate surface area is 156 Å². The van der Waals surface area contributed by atoms with Crippen LogP contribution in [0.1, 0.15) is 22.8 Å². The maximum Gasteiger partial charge on any atom is 0.330 e. The van der Waals surface area contributed by atoms with E-state index in [1.807, 2.05) is 0 Å². The van der Waals surface area contributed by atoms with Crippen LogP contribution in [0.15, 0.2) is 67.1 Å². The Bertz CT molecular complexity index is 930. The Morgan fingerprint density at radius 2 is 2.00 bits per heavy atom. The number of amides is 1. The van der Waals surface area contributed by atoms with Crippen molar-refractivity contribution in [3.63, 3.8) is 0 Å². The Balaban J connectivity index is 1.61. The average Bonchev–Trinajstić information content (AvgIpc) is 3.23. The molecule has 0 saturated carbocycles. The number of ether oxygens (including phenoxy) is 1. The first-order chi connectivity index (χ1) is 13.2. The van der Waals surface area contributed by atoms with Crippen LogP contribution in [-0.4, -0.2) is 33.2 Å². The van der Waals surface area contributed by atoms with Gasteiger partial charge in [0.15, 0.2) is 5.82 Å². The molecular formula is C20H18N4O3. The van der Waals surface area contributed by atoms with Crippen LogP contribution >= 0.6 is 0 Å². The van der Waals surface area contributed by atoms with E-state index in [0.717, 1.165) is 5.56 Å². The zero-order valence-electron chi connectivity index (χ0n) is 14.7. The van der Waals surface area contributed by atoms with Gasteiger partial charge >= 0.3 is 5.97 Å². The number of nitrogens with zero attached hydrogens (tertiary/aromatic N) is 3. The predicted octanol–water partition coefficient (Wildman–Crippen LogP) is 3.10. The summed E-state index contributed by atoms with van der Waals surface area (Å²) >= 11 is 0. The Morgan fingerprint density at radius 3 is 2.63 bits per heavy atom. The highest BCUT2D eigenvalue weighted by atomic mass is 16.5. The van der Waals surface area contributed by atoms with E-state index in [0.29, 0.717) is 23.7 Å². The van der Waals surface area contributed by atoms with Gasteiger partial charge in [-0.05, 0) is 48.9 Å². The number of anilines is 1. The Kier molecular flexibility index (Phi) is 5.73. The van der Waals surface area contributed by atoms with Crippen LogP contribution in [0.3, 0.4) is 0 Å². The summed E-state index contributed by atoms with van der Waals surface area (Å²) in [5.41, 5.74) is 1.91. The monoisotopic (exact) mass is 362 g/mol. The quantitative estimate of drug-likeness (QED) is 0.538. The fraction of sp³-hybridized carbons (Fsp3) is 0.100. The predicted molar refractivity (Wildman–Crippen MR) is 101 cm³/mol. The van der Waals surface area contributed by atoms with Crippen LogP contribution in [0.2, 0.25) is 0 Å². The molecule has 136 valence electrons. The van der Waals surface area contributed by atoms with Crippen molar-refractivity contribution in [1.82, 2.24) is 14.8 Å². The maximum absolute atomic E-state index is 12.3. The molecule has 7 nitrogen and oxygen atoms in total. The van der Waals surface area contributed by atoms with Crippen LogP contribution in [0.5, 0.6) is 0 Å². The second-order valence-corrected chi connectivity index (χ2v) is 5.52. The first-order valence-electron chi connectivity index (χ1n) is 8.38. The van der Waals surface area contributed by atoms with Crippen molar-refractivity contribution >= 4 is 23.6 Å². The molecule has 0 unspecified atom stereocenters. The van der Waals surface area contributed by atoms with Gasteiger partial charge in [-0.1, -0.05) is 12.1 Å². The fourth-order valence-electron chi connectivity index (χ4n) is 2.30. The minimum absolute atomic E-state index is 0.260. The van der Waals surface area contributed by atoms with Crippen molar-refractivity contribution in [3.05, 3.63) is 78.3 Å². The van der Waals surface area contributed by atoms with E-state index < -0.39 is 0 Å². The van der Waals surface area contributed by atoms with Crippen molar-refractivity contribution in [3.8, 4) is 5.82 Å². The second kappa shape index (κ2) is 8.57. The minimum atomic E-state index is -0.388. The van der Waals surface area contributed by atoms with Gasteiger partial charge in [0.05, 0.1) is 12.2 Å². The molecule has 7 heteroatoms. The van der Waals surface area contributed by atoms with Crippen LogP contribution in [-0.2, 0) is 9.53 Å². The maximum atomic E-state index is 12.3. The molecular weight excluding hydrogens is 344 g/mol. The Hall–Kier alpha value is -3.74. The molecule has 0 saturated heterocycles. The van der Waals surface area contributed by atoms with Gasteiger partial charge in [-0.3, -0.25) is 4.79 Å². The number of hydrogen-bond acceptors (Lipinski definition) is 5. The van der Waals surface area contributed by atoms with Gasteiger partial charge in [0.2, 0.25) is 0 Å². The lowest BCUT2D eigenvalue weighted by Gasteiger charge is -2.06. The topological polar surface area (TPSA) is 86.1 Å². The third-order valence-electron chi connectivity index (χ3n) is 3.62. The fourth-order valence-corrected chi connectivity index (χ4v) is 2.30. The molecule has 1 amide bonds. The van der Waals surface area contributed by atoms with Gasteiger partial charge in [-0.25, -0.2) is 14.5 Å². The van der Waals surface area contributed by atoms with Crippen molar-refractivity contribution < 1.29 is 14.3 Å². The van der Waals surface area contributed by atoms with Crippen molar-refractivity contribution in [2.45, 2.75) is 6.92 Å². The number of carbonyl (C=O) groups excluding carboxylic acids is 2. The third kappa shape index (κ3) is 4.88. The summed E-state index contributed by atoms with van der Waals surface area (Å²) in [7, 11) is 0. The molecule has 3 aromatic rings. The Morgan fingerprint density at radius 1 is 1.19 bits per heavy atom. The molecule has 3 rings (SSSR count). The largest absolute Gasteiger partial charge is 0.463 e. The number of benzene rings is 1. The summed E-state index contributed by atoms with van der Waals surface area (Å²) in [6, 6.07) is 12.3. The zero-order chi connectivity index (χ0) is 19.1. The molecule has 0 spiro atoms. The highest BCUT2D eigenvalue weighted by Gasteiger charge is 2.07. The number of pyridine rings is 1. The van der Waals surface area contributed by atoms with Crippen LogP contribution in [0.25, 0.3) is 11.9 Å². The molecule has 2 heterocycles. The van der Waals surface area contributed by atoms with E-state index in [1.165, 1.54) is 12.3 Å². The summed E-state index contributed by atoms with van der Waals surface area (Å²) in [5.74, 6) is -0.0143. The number of aromatic nitrogens is 3. The summed E-state index contributed by atoms with van der Waals surface area (Å²) in [4.78, 5) is 27.9. The summed E-state index contributed by atoms with van der Waals surface area (Å²) in [5, 5.41) is 6.90. The first kappa shape index (κ1) is 18.1. The average molecular weight is 362 g/mol. The number of esters is 1. The van der Waals surface area contributed by atoms with Crippen molar-refractivity contribution in [2.24, 2.45) is 0 Å². The molecule has 0 radical (unpaired) electrons. The smallest absolute Gasteiger partial charge is 0.330 e.